The maximum absolute atomic E-state index is 5.63. The molecule has 4 heteroatoms. The molecule has 0 aliphatic carbocycles. The average molecular weight is 288 g/mol. The van der Waals surface area contributed by atoms with Crippen molar-refractivity contribution in [3.8, 4) is 5.75 Å². The third kappa shape index (κ3) is 4.53. The van der Waals surface area contributed by atoms with E-state index in [0.717, 1.165) is 43.3 Å². The van der Waals surface area contributed by atoms with Gasteiger partial charge in [0.2, 0.25) is 0 Å². The number of benzene rings is 1. The van der Waals surface area contributed by atoms with Crippen molar-refractivity contribution in [2.75, 3.05) is 25.6 Å². The van der Waals surface area contributed by atoms with E-state index in [1.165, 1.54) is 5.56 Å². The molecule has 0 saturated carbocycles. The van der Waals surface area contributed by atoms with Gasteiger partial charge in [-0.05, 0) is 31.2 Å². The largest absolute Gasteiger partial charge is 0.497 e. The van der Waals surface area contributed by atoms with Crippen molar-refractivity contribution >= 4 is 5.69 Å². The maximum atomic E-state index is 5.63. The van der Waals surface area contributed by atoms with Crippen LogP contribution in [0, 0.1) is 0 Å². The molecule has 1 aromatic heterocycles. The van der Waals surface area contributed by atoms with Crippen molar-refractivity contribution in [2.45, 2.75) is 26.4 Å². The number of hydrogen-bond acceptors (Lipinski definition) is 4. The summed E-state index contributed by atoms with van der Waals surface area (Å²) in [6.45, 7) is 4.79. The van der Waals surface area contributed by atoms with E-state index in [0.29, 0.717) is 0 Å². The zero-order chi connectivity index (χ0) is 15.1. The fourth-order valence-corrected chi connectivity index (χ4v) is 2.18. The number of anilines is 1. The Morgan fingerprint density at radius 2 is 2.14 bits per heavy atom. The highest BCUT2D eigenvalue weighted by atomic mass is 16.5. The van der Waals surface area contributed by atoms with Crippen molar-refractivity contribution in [2.24, 2.45) is 0 Å². The second-order valence-electron chi connectivity index (χ2n) is 5.16. The SMILES string of the molecule is CCCNCc1coc(CN(C)c2cccc(OC)c2)c1. The van der Waals surface area contributed by atoms with Gasteiger partial charge in [0.25, 0.3) is 0 Å². The fraction of sp³-hybridized carbons (Fsp3) is 0.412. The molecule has 0 aliphatic heterocycles. The van der Waals surface area contributed by atoms with Crippen molar-refractivity contribution in [1.29, 1.82) is 0 Å². The number of rotatable bonds is 8. The van der Waals surface area contributed by atoms with Gasteiger partial charge < -0.3 is 19.4 Å². The van der Waals surface area contributed by atoms with Crippen LogP contribution in [0.15, 0.2) is 41.0 Å². The number of ether oxygens (including phenoxy) is 1. The Bertz CT molecular complexity index is 551. The van der Waals surface area contributed by atoms with Crippen molar-refractivity contribution < 1.29 is 9.15 Å². The van der Waals surface area contributed by atoms with Gasteiger partial charge in [0.1, 0.15) is 11.5 Å². The molecule has 114 valence electrons. The predicted octanol–water partition coefficient (Wildman–Crippen LogP) is 3.42. The molecule has 0 fully saturated rings. The molecular formula is C17H24N2O2. The van der Waals surface area contributed by atoms with Crippen molar-refractivity contribution in [3.63, 3.8) is 0 Å². The van der Waals surface area contributed by atoms with Crippen LogP contribution in [0.4, 0.5) is 5.69 Å². The summed E-state index contributed by atoms with van der Waals surface area (Å²) in [4.78, 5) is 2.14. The van der Waals surface area contributed by atoms with Crippen LogP contribution in [0.3, 0.4) is 0 Å². The standard InChI is InChI=1S/C17H24N2O2/c1-4-8-18-11-14-9-17(21-13-14)12-19(2)15-6-5-7-16(10-15)20-3/h5-7,9-10,13,18H,4,8,11-12H2,1-3H3. The lowest BCUT2D eigenvalue weighted by atomic mass is 10.2. The van der Waals surface area contributed by atoms with Crippen LogP contribution >= 0.6 is 0 Å². The summed E-state index contributed by atoms with van der Waals surface area (Å²) in [7, 11) is 3.73. The van der Waals surface area contributed by atoms with E-state index in [4.69, 9.17) is 9.15 Å². The van der Waals surface area contributed by atoms with Crippen molar-refractivity contribution in [1.82, 2.24) is 5.32 Å². The predicted molar refractivity (Wildman–Crippen MR) is 85.8 cm³/mol. The Morgan fingerprint density at radius 1 is 1.29 bits per heavy atom. The molecule has 0 saturated heterocycles. The fourth-order valence-electron chi connectivity index (χ4n) is 2.18. The minimum absolute atomic E-state index is 0.737. The second-order valence-corrected chi connectivity index (χ2v) is 5.16. The zero-order valence-corrected chi connectivity index (χ0v) is 13.1. The first-order valence-corrected chi connectivity index (χ1v) is 7.35. The molecule has 0 aliphatic rings. The van der Waals surface area contributed by atoms with E-state index in [1.54, 1.807) is 7.11 Å². The molecule has 1 N–H and O–H groups in total. The second kappa shape index (κ2) is 7.74. The number of hydrogen-bond donors (Lipinski definition) is 1. The number of nitrogens with one attached hydrogen (secondary N) is 1. The minimum Gasteiger partial charge on any atom is -0.497 e. The third-order valence-electron chi connectivity index (χ3n) is 3.35. The minimum atomic E-state index is 0.737. The molecular weight excluding hydrogens is 264 g/mol. The van der Waals surface area contributed by atoms with E-state index >= 15 is 0 Å². The van der Waals surface area contributed by atoms with Crippen molar-refractivity contribution in [3.05, 3.63) is 47.9 Å². The van der Waals surface area contributed by atoms with Crippen LogP contribution in [0.2, 0.25) is 0 Å². The summed E-state index contributed by atoms with van der Waals surface area (Å²) in [5.74, 6) is 1.83. The van der Waals surface area contributed by atoms with Crippen LogP contribution < -0.4 is 15.0 Å². The Balaban J connectivity index is 1.94. The molecule has 0 amide bonds. The molecule has 1 aromatic carbocycles. The Kier molecular flexibility index (Phi) is 5.69. The molecule has 0 radical (unpaired) electrons. The smallest absolute Gasteiger partial charge is 0.123 e. The quantitative estimate of drug-likeness (QED) is 0.755. The summed E-state index contributed by atoms with van der Waals surface area (Å²) in [6, 6.07) is 10.1. The van der Waals surface area contributed by atoms with Crippen LogP contribution in [-0.2, 0) is 13.1 Å². The van der Waals surface area contributed by atoms with Crippen LogP contribution in [0.5, 0.6) is 5.75 Å². The lowest BCUT2D eigenvalue weighted by Crippen LogP contribution is -2.16. The highest BCUT2D eigenvalue weighted by Crippen LogP contribution is 2.21. The summed E-state index contributed by atoms with van der Waals surface area (Å²) in [6.07, 6.45) is 2.97. The summed E-state index contributed by atoms with van der Waals surface area (Å²) in [5, 5.41) is 3.37. The van der Waals surface area contributed by atoms with Gasteiger partial charge in [-0.25, -0.2) is 0 Å². The summed E-state index contributed by atoms with van der Waals surface area (Å²) < 4.78 is 10.9. The van der Waals surface area contributed by atoms with E-state index in [-0.39, 0.29) is 0 Å². The van der Waals surface area contributed by atoms with Gasteiger partial charge in [0.05, 0.1) is 19.9 Å². The van der Waals surface area contributed by atoms with Crippen LogP contribution in [0.25, 0.3) is 0 Å². The first-order valence-electron chi connectivity index (χ1n) is 7.35. The van der Waals surface area contributed by atoms with Gasteiger partial charge >= 0.3 is 0 Å². The highest BCUT2D eigenvalue weighted by molar-refractivity contribution is 5.50. The number of nitrogens with zero attached hydrogens (tertiary/aromatic N) is 1. The molecule has 1 heterocycles. The Morgan fingerprint density at radius 3 is 2.90 bits per heavy atom. The van der Waals surface area contributed by atoms with E-state index in [1.807, 2.05) is 31.5 Å². The third-order valence-corrected chi connectivity index (χ3v) is 3.35. The van der Waals surface area contributed by atoms with Gasteiger partial charge in [-0.15, -0.1) is 0 Å². The van der Waals surface area contributed by atoms with Gasteiger partial charge in [0, 0.05) is 30.9 Å². The van der Waals surface area contributed by atoms with E-state index in [9.17, 15) is 0 Å². The normalized spacial score (nSPS) is 10.6. The number of furan rings is 1. The summed E-state index contributed by atoms with van der Waals surface area (Å²) in [5.41, 5.74) is 2.30. The highest BCUT2D eigenvalue weighted by Gasteiger charge is 2.07. The first kappa shape index (κ1) is 15.4. The molecule has 0 unspecified atom stereocenters. The molecule has 2 aromatic rings. The van der Waals surface area contributed by atoms with Crippen LogP contribution in [-0.4, -0.2) is 20.7 Å². The van der Waals surface area contributed by atoms with Crippen LogP contribution in [0.1, 0.15) is 24.7 Å². The first-order chi connectivity index (χ1) is 10.2. The maximum Gasteiger partial charge on any atom is 0.123 e. The molecule has 21 heavy (non-hydrogen) atoms. The molecule has 2 rings (SSSR count). The zero-order valence-electron chi connectivity index (χ0n) is 13.1. The molecule has 0 spiro atoms. The number of methoxy groups -OCH3 is 1. The van der Waals surface area contributed by atoms with Gasteiger partial charge in [0.15, 0.2) is 0 Å². The average Bonchev–Trinajstić information content (AvgIpc) is 2.95. The Hall–Kier alpha value is -1.94. The Labute approximate surface area is 126 Å². The lowest BCUT2D eigenvalue weighted by Gasteiger charge is -2.18. The van der Waals surface area contributed by atoms with Gasteiger partial charge in [-0.1, -0.05) is 13.0 Å². The monoisotopic (exact) mass is 288 g/mol. The van der Waals surface area contributed by atoms with Gasteiger partial charge in [-0.2, -0.15) is 0 Å². The topological polar surface area (TPSA) is 37.6 Å². The summed E-state index contributed by atoms with van der Waals surface area (Å²) >= 11 is 0. The van der Waals surface area contributed by atoms with Gasteiger partial charge in [-0.3, -0.25) is 0 Å². The molecule has 0 atom stereocenters. The lowest BCUT2D eigenvalue weighted by molar-refractivity contribution is 0.414. The molecule has 4 nitrogen and oxygen atoms in total. The van der Waals surface area contributed by atoms with E-state index < -0.39 is 0 Å². The van der Waals surface area contributed by atoms with E-state index in [2.05, 4.69) is 29.3 Å². The molecule has 0 bridgehead atoms.